The lowest BCUT2D eigenvalue weighted by molar-refractivity contribution is 0.102. The highest BCUT2D eigenvalue weighted by molar-refractivity contribution is 7.89. The summed E-state index contributed by atoms with van der Waals surface area (Å²) in [4.78, 5) is 17.4. The fraction of sp³-hybridized carbons (Fsp3) is 0.200. The Morgan fingerprint density at radius 3 is 2.71 bits per heavy atom. The first-order valence-corrected chi connectivity index (χ1v) is 10.4. The average molecular weight is 396 g/mol. The van der Waals surface area contributed by atoms with E-state index in [0.717, 1.165) is 5.56 Å². The molecule has 2 heterocycles. The van der Waals surface area contributed by atoms with Gasteiger partial charge in [-0.3, -0.25) is 9.36 Å². The molecule has 144 valence electrons. The quantitative estimate of drug-likeness (QED) is 0.738. The number of nitrogens with one attached hydrogen (secondary N) is 1. The summed E-state index contributed by atoms with van der Waals surface area (Å²) >= 11 is 0. The lowest BCUT2D eigenvalue weighted by atomic mass is 10.2. The molecule has 2 aromatic carbocycles. The van der Waals surface area contributed by atoms with Crippen molar-refractivity contribution >= 4 is 21.6 Å². The van der Waals surface area contributed by atoms with Gasteiger partial charge in [-0.1, -0.05) is 31.2 Å². The molecule has 1 aromatic heterocycles. The van der Waals surface area contributed by atoms with E-state index in [0.29, 0.717) is 23.6 Å². The maximum atomic E-state index is 13.0. The van der Waals surface area contributed by atoms with Crippen LogP contribution in [0.25, 0.3) is 5.69 Å². The van der Waals surface area contributed by atoms with Crippen LogP contribution in [0.2, 0.25) is 0 Å². The van der Waals surface area contributed by atoms with E-state index >= 15 is 0 Å². The molecule has 1 N–H and O–H groups in total. The molecule has 0 saturated heterocycles. The summed E-state index contributed by atoms with van der Waals surface area (Å²) in [6, 6.07) is 14.2. The van der Waals surface area contributed by atoms with Gasteiger partial charge in [0.1, 0.15) is 11.2 Å². The molecule has 3 aromatic rings. The van der Waals surface area contributed by atoms with Crippen molar-refractivity contribution in [2.75, 3.05) is 11.9 Å². The third-order valence-corrected chi connectivity index (χ3v) is 6.75. The van der Waals surface area contributed by atoms with Gasteiger partial charge in [-0.05, 0) is 36.8 Å². The predicted molar refractivity (Wildman–Crippen MR) is 106 cm³/mol. The molecular weight excluding hydrogens is 376 g/mol. The Morgan fingerprint density at radius 2 is 1.96 bits per heavy atom. The standard InChI is InChI=1S/C20H20N4O3S/c1-3-23-12-17-19(20(25)22-15-8-6-7-14(2)11-15)21-13-24(17)16-9-4-5-10-18(16)28(23,26)27/h4-11,13H,3,12H2,1-2H3,(H,22,25). The topological polar surface area (TPSA) is 84.3 Å². The molecule has 0 radical (unpaired) electrons. The van der Waals surface area contributed by atoms with Crippen LogP contribution < -0.4 is 5.32 Å². The highest BCUT2D eigenvalue weighted by Gasteiger charge is 2.33. The number of amides is 1. The van der Waals surface area contributed by atoms with E-state index in [2.05, 4.69) is 10.3 Å². The minimum Gasteiger partial charge on any atom is -0.321 e. The van der Waals surface area contributed by atoms with E-state index in [9.17, 15) is 13.2 Å². The van der Waals surface area contributed by atoms with Gasteiger partial charge in [0.25, 0.3) is 5.91 Å². The van der Waals surface area contributed by atoms with Crippen LogP contribution in [0.15, 0.2) is 59.8 Å². The Kier molecular flexibility index (Phi) is 4.52. The molecule has 8 heteroatoms. The van der Waals surface area contributed by atoms with Crippen LogP contribution in [0.1, 0.15) is 28.7 Å². The number of carbonyl (C=O) groups is 1. The SMILES string of the molecule is CCN1Cc2c(C(=O)Nc3cccc(C)c3)ncn2-c2ccccc2S1(=O)=O. The lowest BCUT2D eigenvalue weighted by Gasteiger charge is -2.18. The third-order valence-electron chi connectivity index (χ3n) is 4.78. The van der Waals surface area contributed by atoms with Gasteiger partial charge in [-0.25, -0.2) is 13.4 Å². The van der Waals surface area contributed by atoms with Gasteiger partial charge in [-0.15, -0.1) is 0 Å². The molecule has 0 bridgehead atoms. The van der Waals surface area contributed by atoms with Crippen LogP contribution in [0, 0.1) is 6.92 Å². The summed E-state index contributed by atoms with van der Waals surface area (Å²) < 4.78 is 29.1. The number of aryl methyl sites for hydroxylation is 1. The first kappa shape index (κ1) is 18.4. The van der Waals surface area contributed by atoms with Gasteiger partial charge in [0, 0.05) is 12.2 Å². The zero-order chi connectivity index (χ0) is 19.9. The van der Waals surface area contributed by atoms with Gasteiger partial charge in [0.15, 0.2) is 5.69 Å². The number of sulfonamides is 1. The van der Waals surface area contributed by atoms with E-state index in [1.54, 1.807) is 41.8 Å². The molecule has 1 aliphatic heterocycles. The van der Waals surface area contributed by atoms with E-state index in [1.807, 2.05) is 25.1 Å². The number of hydrogen-bond acceptors (Lipinski definition) is 4. The third kappa shape index (κ3) is 3.00. The van der Waals surface area contributed by atoms with E-state index in [1.165, 1.54) is 10.6 Å². The van der Waals surface area contributed by atoms with Gasteiger partial charge >= 0.3 is 0 Å². The highest BCUT2D eigenvalue weighted by atomic mass is 32.2. The van der Waals surface area contributed by atoms with Gasteiger partial charge < -0.3 is 5.32 Å². The molecular formula is C20H20N4O3S. The maximum Gasteiger partial charge on any atom is 0.276 e. The Hall–Kier alpha value is -2.97. The van der Waals surface area contributed by atoms with Crippen LogP contribution in [0.5, 0.6) is 0 Å². The highest BCUT2D eigenvalue weighted by Crippen LogP contribution is 2.31. The zero-order valence-electron chi connectivity index (χ0n) is 15.6. The summed E-state index contributed by atoms with van der Waals surface area (Å²) in [5, 5.41) is 2.85. The number of para-hydroxylation sites is 1. The molecule has 4 rings (SSSR count). The monoisotopic (exact) mass is 396 g/mol. The van der Waals surface area contributed by atoms with Crippen molar-refractivity contribution in [2.24, 2.45) is 0 Å². The number of fused-ring (bicyclic) bond motifs is 3. The number of carbonyl (C=O) groups excluding carboxylic acids is 1. The van der Waals surface area contributed by atoms with Crippen molar-refractivity contribution in [1.29, 1.82) is 0 Å². The molecule has 1 amide bonds. The minimum absolute atomic E-state index is 0.0735. The molecule has 0 atom stereocenters. The number of benzene rings is 2. The Balaban J connectivity index is 1.81. The first-order valence-electron chi connectivity index (χ1n) is 8.95. The Morgan fingerprint density at radius 1 is 1.18 bits per heavy atom. The second kappa shape index (κ2) is 6.88. The second-order valence-corrected chi connectivity index (χ2v) is 8.54. The lowest BCUT2D eigenvalue weighted by Crippen LogP contribution is -2.30. The van der Waals surface area contributed by atoms with Crippen molar-refractivity contribution in [1.82, 2.24) is 13.9 Å². The van der Waals surface area contributed by atoms with Crippen molar-refractivity contribution < 1.29 is 13.2 Å². The molecule has 0 fully saturated rings. The summed E-state index contributed by atoms with van der Waals surface area (Å²) in [6.45, 7) is 4.09. The van der Waals surface area contributed by atoms with Crippen LogP contribution in [-0.4, -0.2) is 34.7 Å². The normalized spacial score (nSPS) is 15.4. The smallest absolute Gasteiger partial charge is 0.276 e. The van der Waals surface area contributed by atoms with Crippen LogP contribution >= 0.6 is 0 Å². The van der Waals surface area contributed by atoms with Crippen LogP contribution in [0.3, 0.4) is 0 Å². The number of anilines is 1. The molecule has 0 unspecified atom stereocenters. The molecule has 7 nitrogen and oxygen atoms in total. The molecule has 0 spiro atoms. The van der Waals surface area contributed by atoms with Crippen molar-refractivity contribution in [3.05, 3.63) is 71.8 Å². The number of imidazole rings is 1. The van der Waals surface area contributed by atoms with Gasteiger partial charge in [0.05, 0.1) is 17.9 Å². The van der Waals surface area contributed by atoms with Crippen molar-refractivity contribution in [3.8, 4) is 5.69 Å². The Labute approximate surface area is 163 Å². The number of aromatic nitrogens is 2. The summed E-state index contributed by atoms with van der Waals surface area (Å²) in [5.74, 6) is -0.368. The Bertz CT molecular complexity index is 1170. The van der Waals surface area contributed by atoms with E-state index < -0.39 is 10.0 Å². The largest absolute Gasteiger partial charge is 0.321 e. The molecule has 1 aliphatic rings. The average Bonchev–Trinajstić information content (AvgIpc) is 3.06. The summed E-state index contributed by atoms with van der Waals surface area (Å²) in [7, 11) is -3.66. The first-order chi connectivity index (χ1) is 13.4. The van der Waals surface area contributed by atoms with Gasteiger partial charge in [-0.2, -0.15) is 4.31 Å². The summed E-state index contributed by atoms with van der Waals surface area (Å²) in [6.07, 6.45) is 1.51. The zero-order valence-corrected chi connectivity index (χ0v) is 16.4. The number of nitrogens with zero attached hydrogens (tertiary/aromatic N) is 3. The van der Waals surface area contributed by atoms with E-state index in [-0.39, 0.29) is 23.0 Å². The fourth-order valence-corrected chi connectivity index (χ4v) is 4.97. The molecule has 0 aliphatic carbocycles. The van der Waals surface area contributed by atoms with E-state index in [4.69, 9.17) is 0 Å². The molecule has 0 saturated carbocycles. The minimum atomic E-state index is -3.66. The van der Waals surface area contributed by atoms with Crippen molar-refractivity contribution in [2.45, 2.75) is 25.3 Å². The number of rotatable bonds is 3. The molecule has 28 heavy (non-hydrogen) atoms. The van der Waals surface area contributed by atoms with Crippen LogP contribution in [0.4, 0.5) is 5.69 Å². The van der Waals surface area contributed by atoms with Crippen molar-refractivity contribution in [3.63, 3.8) is 0 Å². The van der Waals surface area contributed by atoms with Crippen LogP contribution in [-0.2, 0) is 16.6 Å². The summed E-state index contributed by atoms with van der Waals surface area (Å²) in [5.41, 5.74) is 2.95. The predicted octanol–water partition coefficient (Wildman–Crippen LogP) is 2.96. The van der Waals surface area contributed by atoms with Gasteiger partial charge in [0.2, 0.25) is 10.0 Å². The fourth-order valence-electron chi connectivity index (χ4n) is 3.38. The number of hydrogen-bond donors (Lipinski definition) is 1. The maximum absolute atomic E-state index is 13.0. The second-order valence-electron chi connectivity index (χ2n) is 6.63.